The quantitative estimate of drug-likeness (QED) is 0.0723. The Morgan fingerprint density at radius 2 is 0.829 bits per heavy atom. The number of hydrogen-bond acceptors (Lipinski definition) is 9. The van der Waals surface area contributed by atoms with Gasteiger partial charge in [0.1, 0.15) is 6.61 Å². The number of rotatable bonds is 30. The first-order valence-electron chi connectivity index (χ1n) is 13.1. The molecule has 0 saturated heterocycles. The number of alkyl halides is 1. The molecule has 0 amide bonds. The van der Waals surface area contributed by atoms with Gasteiger partial charge in [0.15, 0.2) is 0 Å². The van der Waals surface area contributed by atoms with Crippen LogP contribution in [0.4, 0.5) is 0 Å². The standard InChI is InChI=1S/C25H49BrO9/c1-2-3-4-5-6-7-8-25(27)35-24-23-34-22-21-33-20-19-32-18-17-31-16-15-30-14-13-29-12-11-28-10-9-26/h2-24H2,1H3. The SMILES string of the molecule is CCCCCCCCC(=O)OCCOCCOCCOCCOCCOCCOCCOCCBr. The molecule has 0 aromatic carbocycles. The van der Waals surface area contributed by atoms with Crippen LogP contribution in [-0.2, 0) is 42.7 Å². The summed E-state index contributed by atoms with van der Waals surface area (Å²) in [4.78, 5) is 11.6. The zero-order chi connectivity index (χ0) is 25.5. The Morgan fingerprint density at radius 3 is 1.23 bits per heavy atom. The van der Waals surface area contributed by atoms with E-state index in [1.54, 1.807) is 0 Å². The number of hydrogen-bond donors (Lipinski definition) is 0. The van der Waals surface area contributed by atoms with Crippen molar-refractivity contribution in [2.24, 2.45) is 0 Å². The number of halogens is 1. The summed E-state index contributed by atoms with van der Waals surface area (Å²) >= 11 is 3.30. The summed E-state index contributed by atoms with van der Waals surface area (Å²) in [6.07, 6.45) is 7.47. The molecule has 0 aliphatic rings. The Bertz CT molecular complexity index is 416. The lowest BCUT2D eigenvalue weighted by molar-refractivity contribution is -0.145. The molecule has 35 heavy (non-hydrogen) atoms. The second-order valence-corrected chi connectivity index (χ2v) is 8.51. The molecule has 0 unspecified atom stereocenters. The van der Waals surface area contributed by atoms with Gasteiger partial charge in [0.25, 0.3) is 0 Å². The first-order valence-corrected chi connectivity index (χ1v) is 14.2. The van der Waals surface area contributed by atoms with Crippen molar-refractivity contribution in [3.05, 3.63) is 0 Å². The summed E-state index contributed by atoms with van der Waals surface area (Å²) in [5.41, 5.74) is 0. The highest BCUT2D eigenvalue weighted by Gasteiger charge is 2.02. The molecule has 0 aliphatic heterocycles. The summed E-state index contributed by atoms with van der Waals surface area (Å²) in [5.74, 6) is -0.137. The van der Waals surface area contributed by atoms with E-state index >= 15 is 0 Å². The molecule has 0 rings (SSSR count). The van der Waals surface area contributed by atoms with Gasteiger partial charge in [0, 0.05) is 11.8 Å². The van der Waals surface area contributed by atoms with Gasteiger partial charge in [0.05, 0.1) is 92.5 Å². The lowest BCUT2D eigenvalue weighted by Crippen LogP contribution is -2.15. The summed E-state index contributed by atoms with van der Waals surface area (Å²) in [7, 11) is 0. The Kier molecular flexibility index (Phi) is 31.4. The molecule has 9 nitrogen and oxygen atoms in total. The summed E-state index contributed by atoms with van der Waals surface area (Å²) in [6, 6.07) is 0. The van der Waals surface area contributed by atoms with Crippen molar-refractivity contribution in [3.8, 4) is 0 Å². The fraction of sp³-hybridized carbons (Fsp3) is 0.960. The number of carbonyl (C=O) groups excluding carboxylic acids is 1. The van der Waals surface area contributed by atoms with Crippen LogP contribution < -0.4 is 0 Å². The third-order valence-electron chi connectivity index (χ3n) is 4.68. The highest BCUT2D eigenvalue weighted by molar-refractivity contribution is 9.09. The smallest absolute Gasteiger partial charge is 0.305 e. The third kappa shape index (κ3) is 31.6. The van der Waals surface area contributed by atoms with Crippen LogP contribution in [0.25, 0.3) is 0 Å². The minimum Gasteiger partial charge on any atom is -0.463 e. The van der Waals surface area contributed by atoms with Crippen molar-refractivity contribution < 1.29 is 42.7 Å². The van der Waals surface area contributed by atoms with Crippen molar-refractivity contribution >= 4 is 21.9 Å². The van der Waals surface area contributed by atoms with E-state index in [0.29, 0.717) is 106 Å². The summed E-state index contributed by atoms with van der Waals surface area (Å²) < 4.78 is 42.9. The van der Waals surface area contributed by atoms with Gasteiger partial charge in [-0.15, -0.1) is 0 Å². The Balaban J connectivity index is 3.09. The van der Waals surface area contributed by atoms with Gasteiger partial charge in [-0.1, -0.05) is 55.0 Å². The normalized spacial score (nSPS) is 11.3. The van der Waals surface area contributed by atoms with Gasteiger partial charge in [-0.25, -0.2) is 0 Å². The molecule has 0 heterocycles. The molecule has 210 valence electrons. The largest absolute Gasteiger partial charge is 0.463 e. The van der Waals surface area contributed by atoms with Crippen LogP contribution in [0.1, 0.15) is 51.9 Å². The maximum absolute atomic E-state index is 11.6. The second kappa shape index (κ2) is 31.7. The molecule has 0 atom stereocenters. The number of esters is 1. The van der Waals surface area contributed by atoms with Gasteiger partial charge in [-0.2, -0.15) is 0 Å². The number of unbranched alkanes of at least 4 members (excludes halogenated alkanes) is 5. The average molecular weight is 574 g/mol. The molecule has 0 N–H and O–H groups in total. The van der Waals surface area contributed by atoms with Crippen LogP contribution in [0, 0.1) is 0 Å². The van der Waals surface area contributed by atoms with E-state index in [0.717, 1.165) is 18.2 Å². The minimum atomic E-state index is -0.137. The van der Waals surface area contributed by atoms with E-state index in [1.165, 1.54) is 25.7 Å². The molecule has 0 aliphatic carbocycles. The zero-order valence-corrected chi connectivity index (χ0v) is 23.4. The van der Waals surface area contributed by atoms with Gasteiger partial charge in [-0.05, 0) is 6.42 Å². The number of ether oxygens (including phenoxy) is 8. The predicted molar refractivity (Wildman–Crippen MR) is 138 cm³/mol. The molecule has 0 radical (unpaired) electrons. The molecule has 0 fully saturated rings. The molecular weight excluding hydrogens is 524 g/mol. The van der Waals surface area contributed by atoms with Crippen molar-refractivity contribution in [3.63, 3.8) is 0 Å². The first kappa shape index (κ1) is 34.7. The van der Waals surface area contributed by atoms with Crippen LogP contribution in [0.5, 0.6) is 0 Å². The summed E-state index contributed by atoms with van der Waals surface area (Å²) in [6.45, 7) is 9.92. The van der Waals surface area contributed by atoms with E-state index in [4.69, 9.17) is 37.9 Å². The van der Waals surface area contributed by atoms with Crippen LogP contribution in [-0.4, -0.2) is 110 Å². The van der Waals surface area contributed by atoms with Crippen LogP contribution in [0.2, 0.25) is 0 Å². The van der Waals surface area contributed by atoms with E-state index < -0.39 is 0 Å². The molecule has 0 aromatic rings. The summed E-state index contributed by atoms with van der Waals surface area (Å²) in [5, 5.41) is 0.839. The van der Waals surface area contributed by atoms with Gasteiger partial charge >= 0.3 is 5.97 Å². The topological polar surface area (TPSA) is 90.9 Å². The van der Waals surface area contributed by atoms with Gasteiger partial charge < -0.3 is 37.9 Å². The van der Waals surface area contributed by atoms with E-state index in [9.17, 15) is 4.79 Å². The van der Waals surface area contributed by atoms with Crippen LogP contribution >= 0.6 is 15.9 Å². The first-order chi connectivity index (χ1) is 17.3. The van der Waals surface area contributed by atoms with Gasteiger partial charge in [-0.3, -0.25) is 4.79 Å². The fourth-order valence-electron chi connectivity index (χ4n) is 2.81. The average Bonchev–Trinajstić information content (AvgIpc) is 2.86. The Morgan fingerprint density at radius 1 is 0.486 bits per heavy atom. The molecular formula is C25H49BrO9. The van der Waals surface area contributed by atoms with Crippen LogP contribution in [0.15, 0.2) is 0 Å². The Hall–Kier alpha value is -0.330. The maximum Gasteiger partial charge on any atom is 0.305 e. The molecule has 0 saturated carbocycles. The lowest BCUT2D eigenvalue weighted by Gasteiger charge is -2.08. The molecule has 0 bridgehead atoms. The predicted octanol–water partition coefficient (Wildman–Crippen LogP) is 3.79. The van der Waals surface area contributed by atoms with E-state index in [1.807, 2.05) is 0 Å². The fourth-order valence-corrected chi connectivity index (χ4v) is 3.04. The third-order valence-corrected chi connectivity index (χ3v) is 5.00. The van der Waals surface area contributed by atoms with Crippen molar-refractivity contribution in [1.29, 1.82) is 0 Å². The Labute approximate surface area is 220 Å². The maximum atomic E-state index is 11.6. The van der Waals surface area contributed by atoms with Crippen molar-refractivity contribution in [1.82, 2.24) is 0 Å². The highest BCUT2D eigenvalue weighted by atomic mass is 79.9. The molecule has 0 aromatic heterocycles. The van der Waals surface area contributed by atoms with Crippen LogP contribution in [0.3, 0.4) is 0 Å². The molecule has 0 spiro atoms. The van der Waals surface area contributed by atoms with E-state index in [2.05, 4.69) is 22.9 Å². The van der Waals surface area contributed by atoms with Crippen molar-refractivity contribution in [2.45, 2.75) is 51.9 Å². The highest BCUT2D eigenvalue weighted by Crippen LogP contribution is 2.07. The van der Waals surface area contributed by atoms with Gasteiger partial charge in [0.2, 0.25) is 0 Å². The number of carbonyl (C=O) groups is 1. The molecule has 10 heteroatoms. The second-order valence-electron chi connectivity index (χ2n) is 7.71. The monoisotopic (exact) mass is 572 g/mol. The minimum absolute atomic E-state index is 0.137. The lowest BCUT2D eigenvalue weighted by atomic mass is 10.1. The van der Waals surface area contributed by atoms with E-state index in [-0.39, 0.29) is 5.97 Å². The zero-order valence-electron chi connectivity index (χ0n) is 21.8. The van der Waals surface area contributed by atoms with Crippen molar-refractivity contribution in [2.75, 3.05) is 104 Å².